The number of nitrogens with one attached hydrogen (secondary N) is 2. The summed E-state index contributed by atoms with van der Waals surface area (Å²) < 4.78 is 10.5. The Kier molecular flexibility index (Phi) is 9.53. The third kappa shape index (κ3) is 7.13. The molecule has 33 heavy (non-hydrogen) atoms. The van der Waals surface area contributed by atoms with Crippen molar-refractivity contribution in [1.29, 1.82) is 5.41 Å². The van der Waals surface area contributed by atoms with Crippen LogP contribution in [0.2, 0.25) is 0 Å². The topological polar surface area (TPSA) is 132 Å². The molecule has 9 nitrogen and oxygen atoms in total. The molecule has 4 N–H and O–H groups in total. The smallest absolute Gasteiger partial charge is 0.340 e. The lowest BCUT2D eigenvalue weighted by molar-refractivity contribution is 0.0491. The van der Waals surface area contributed by atoms with E-state index in [1.807, 2.05) is 13.8 Å². The van der Waals surface area contributed by atoms with Gasteiger partial charge in [0.25, 0.3) is 0 Å². The molecule has 2 aromatic rings. The lowest BCUT2D eigenvalue weighted by Gasteiger charge is -2.24. The maximum atomic E-state index is 12.5. The first kappa shape index (κ1) is 25.5. The van der Waals surface area contributed by atoms with Gasteiger partial charge >= 0.3 is 11.9 Å². The van der Waals surface area contributed by atoms with Gasteiger partial charge in [0, 0.05) is 7.05 Å². The molecule has 0 radical (unpaired) electrons. The lowest BCUT2D eigenvalue weighted by atomic mass is 10.1. The van der Waals surface area contributed by atoms with Crippen LogP contribution < -0.4 is 10.2 Å². The number of nitrogens with zero attached hydrogens (tertiary/aromatic N) is 1. The number of phenols is 2. The Labute approximate surface area is 193 Å². The van der Waals surface area contributed by atoms with Crippen LogP contribution in [0, 0.1) is 5.41 Å². The third-order valence-corrected chi connectivity index (χ3v) is 4.84. The SMILES string of the molecule is CCCCOC(=O)c1cc(O)ccc1NC(=N)N(C)c1ccc(O)cc1C(=O)OCCCC. The van der Waals surface area contributed by atoms with Gasteiger partial charge in [-0.3, -0.25) is 5.41 Å². The monoisotopic (exact) mass is 457 g/mol. The average Bonchev–Trinajstić information content (AvgIpc) is 2.79. The van der Waals surface area contributed by atoms with Crippen LogP contribution in [0.4, 0.5) is 11.4 Å². The molecule has 0 atom stereocenters. The molecule has 0 aliphatic heterocycles. The summed E-state index contributed by atoms with van der Waals surface area (Å²) in [7, 11) is 1.56. The van der Waals surface area contributed by atoms with E-state index < -0.39 is 11.9 Å². The van der Waals surface area contributed by atoms with E-state index >= 15 is 0 Å². The van der Waals surface area contributed by atoms with Crippen LogP contribution in [0.5, 0.6) is 11.5 Å². The minimum absolute atomic E-state index is 0.0779. The van der Waals surface area contributed by atoms with Crippen LogP contribution in [0.1, 0.15) is 60.2 Å². The molecule has 9 heteroatoms. The van der Waals surface area contributed by atoms with Gasteiger partial charge in [-0.15, -0.1) is 0 Å². The van der Waals surface area contributed by atoms with Gasteiger partial charge in [0.15, 0.2) is 5.96 Å². The van der Waals surface area contributed by atoms with Crippen LogP contribution in [0.15, 0.2) is 36.4 Å². The molecule has 0 unspecified atom stereocenters. The van der Waals surface area contributed by atoms with Crippen LogP contribution in [-0.2, 0) is 9.47 Å². The quantitative estimate of drug-likeness (QED) is 0.135. The lowest BCUT2D eigenvalue weighted by Crippen LogP contribution is -2.33. The highest BCUT2D eigenvalue weighted by molar-refractivity contribution is 6.09. The maximum Gasteiger partial charge on any atom is 0.340 e. The summed E-state index contributed by atoms with van der Waals surface area (Å²) in [5, 5.41) is 31.0. The third-order valence-electron chi connectivity index (χ3n) is 4.84. The number of carbonyl (C=O) groups is 2. The van der Waals surface area contributed by atoms with Crippen LogP contribution in [-0.4, -0.2) is 48.4 Å². The summed E-state index contributed by atoms with van der Waals surface area (Å²) in [6.07, 6.45) is 3.16. The van der Waals surface area contributed by atoms with E-state index in [0.29, 0.717) is 18.5 Å². The van der Waals surface area contributed by atoms with Crippen molar-refractivity contribution in [3.63, 3.8) is 0 Å². The Morgan fingerprint density at radius 2 is 1.42 bits per heavy atom. The van der Waals surface area contributed by atoms with E-state index in [1.54, 1.807) is 7.05 Å². The fraction of sp³-hybridized carbons (Fsp3) is 0.375. The predicted octanol–water partition coefficient (Wildman–Crippen LogP) is 4.49. The van der Waals surface area contributed by atoms with Gasteiger partial charge < -0.3 is 29.9 Å². The van der Waals surface area contributed by atoms with Crippen molar-refractivity contribution in [3.05, 3.63) is 47.5 Å². The molecular weight excluding hydrogens is 426 g/mol. The standard InChI is InChI=1S/C24H31N3O6/c1-4-6-12-32-22(30)18-14-16(28)8-10-20(18)26-24(25)27(3)21-11-9-17(29)15-19(21)23(31)33-13-7-5-2/h8-11,14-15,28-29H,4-7,12-13H2,1-3H3,(H2,25,26). The molecule has 0 spiro atoms. The molecule has 0 aliphatic carbocycles. The second kappa shape index (κ2) is 12.3. The summed E-state index contributed by atoms with van der Waals surface area (Å²) in [6.45, 7) is 4.45. The highest BCUT2D eigenvalue weighted by Gasteiger charge is 2.21. The van der Waals surface area contributed by atoms with E-state index in [1.165, 1.54) is 41.3 Å². The molecule has 0 saturated heterocycles. The van der Waals surface area contributed by atoms with Crippen molar-refractivity contribution in [1.82, 2.24) is 0 Å². The summed E-state index contributed by atoms with van der Waals surface area (Å²) in [6, 6.07) is 8.30. The second-order valence-electron chi connectivity index (χ2n) is 7.44. The number of hydrogen-bond donors (Lipinski definition) is 4. The van der Waals surface area contributed by atoms with Gasteiger partial charge in [-0.2, -0.15) is 0 Å². The number of carbonyl (C=O) groups excluding carboxylic acids is 2. The number of aromatic hydroxyl groups is 2. The first-order chi connectivity index (χ1) is 15.8. The number of benzene rings is 2. The Morgan fingerprint density at radius 3 is 2.00 bits per heavy atom. The van der Waals surface area contributed by atoms with Crippen LogP contribution in [0.3, 0.4) is 0 Å². The summed E-state index contributed by atoms with van der Waals surface area (Å²) >= 11 is 0. The van der Waals surface area contributed by atoms with Gasteiger partial charge in [-0.05, 0) is 49.2 Å². The number of esters is 2. The molecule has 0 heterocycles. The summed E-state index contributed by atoms with van der Waals surface area (Å²) in [5.74, 6) is -1.61. The van der Waals surface area contributed by atoms with E-state index in [0.717, 1.165) is 12.8 Å². The number of ether oxygens (including phenoxy) is 2. The summed E-state index contributed by atoms with van der Waals surface area (Å²) in [5.41, 5.74) is 0.772. The number of phenolic OH excluding ortho intramolecular Hbond substituents is 2. The van der Waals surface area contributed by atoms with Crippen molar-refractivity contribution in [2.24, 2.45) is 0 Å². The van der Waals surface area contributed by atoms with Crippen molar-refractivity contribution in [2.75, 3.05) is 30.5 Å². The van der Waals surface area contributed by atoms with Gasteiger partial charge in [-0.1, -0.05) is 26.7 Å². The van der Waals surface area contributed by atoms with Crippen LogP contribution >= 0.6 is 0 Å². The molecule has 0 amide bonds. The van der Waals surface area contributed by atoms with E-state index in [4.69, 9.17) is 14.9 Å². The highest BCUT2D eigenvalue weighted by Crippen LogP contribution is 2.27. The molecule has 0 aromatic heterocycles. The minimum Gasteiger partial charge on any atom is -0.508 e. The largest absolute Gasteiger partial charge is 0.508 e. The molecule has 0 fully saturated rings. The number of rotatable bonds is 10. The van der Waals surface area contributed by atoms with Gasteiger partial charge in [0.2, 0.25) is 0 Å². The normalized spacial score (nSPS) is 10.4. The van der Waals surface area contributed by atoms with Crippen molar-refractivity contribution in [2.45, 2.75) is 39.5 Å². The van der Waals surface area contributed by atoms with Crippen molar-refractivity contribution < 1.29 is 29.3 Å². The number of hydrogen-bond acceptors (Lipinski definition) is 7. The average molecular weight is 458 g/mol. The highest BCUT2D eigenvalue weighted by atomic mass is 16.5. The van der Waals surface area contributed by atoms with Crippen molar-refractivity contribution in [3.8, 4) is 11.5 Å². The van der Waals surface area contributed by atoms with Gasteiger partial charge in [0.1, 0.15) is 11.5 Å². The van der Waals surface area contributed by atoms with Gasteiger partial charge in [0.05, 0.1) is 35.7 Å². The zero-order valence-electron chi connectivity index (χ0n) is 19.2. The molecular formula is C24H31N3O6. The Hall–Kier alpha value is -3.75. The molecule has 2 rings (SSSR count). The van der Waals surface area contributed by atoms with Gasteiger partial charge in [-0.25, -0.2) is 9.59 Å². The molecule has 0 aliphatic rings. The number of unbranched alkanes of at least 4 members (excludes halogenated alkanes) is 2. The Balaban J connectivity index is 2.25. The summed E-state index contributed by atoms with van der Waals surface area (Å²) in [4.78, 5) is 26.4. The molecule has 0 bridgehead atoms. The zero-order valence-corrected chi connectivity index (χ0v) is 19.2. The zero-order chi connectivity index (χ0) is 24.4. The maximum absolute atomic E-state index is 12.5. The van der Waals surface area contributed by atoms with Crippen molar-refractivity contribution >= 4 is 29.3 Å². The first-order valence-corrected chi connectivity index (χ1v) is 10.9. The second-order valence-corrected chi connectivity index (χ2v) is 7.44. The first-order valence-electron chi connectivity index (χ1n) is 10.9. The molecule has 178 valence electrons. The number of guanidine groups is 1. The fourth-order valence-electron chi connectivity index (χ4n) is 2.90. The molecule has 2 aromatic carbocycles. The predicted molar refractivity (Wildman–Crippen MR) is 126 cm³/mol. The van der Waals surface area contributed by atoms with E-state index in [2.05, 4.69) is 5.32 Å². The Bertz CT molecular complexity index is 992. The molecule has 0 saturated carbocycles. The Morgan fingerprint density at radius 1 is 0.909 bits per heavy atom. The number of anilines is 2. The van der Waals surface area contributed by atoms with E-state index in [-0.39, 0.29) is 47.5 Å². The fourth-order valence-corrected chi connectivity index (χ4v) is 2.90. The van der Waals surface area contributed by atoms with Crippen LogP contribution in [0.25, 0.3) is 0 Å². The minimum atomic E-state index is -0.623. The van der Waals surface area contributed by atoms with E-state index in [9.17, 15) is 19.8 Å².